The molecule has 3 nitrogen and oxygen atoms in total. The number of aryl methyl sites for hydroxylation is 1. The van der Waals surface area contributed by atoms with Gasteiger partial charge in [-0.15, -0.1) is 0 Å². The second-order valence-corrected chi connectivity index (χ2v) is 7.11. The lowest BCUT2D eigenvalue weighted by atomic mass is 9.97. The molecule has 0 amide bonds. The van der Waals surface area contributed by atoms with Crippen molar-refractivity contribution in [1.29, 1.82) is 5.26 Å². The summed E-state index contributed by atoms with van der Waals surface area (Å²) in [6.45, 7) is 2.02. The van der Waals surface area contributed by atoms with Gasteiger partial charge in [0.15, 0.2) is 5.82 Å². The first-order valence-corrected chi connectivity index (χ1v) is 9.75. The van der Waals surface area contributed by atoms with Crippen LogP contribution in [-0.4, -0.2) is 5.11 Å². The van der Waals surface area contributed by atoms with Gasteiger partial charge in [0.05, 0.1) is 11.1 Å². The molecule has 0 unspecified atom stereocenters. The second kappa shape index (κ2) is 9.27. The van der Waals surface area contributed by atoms with Crippen LogP contribution in [0.3, 0.4) is 0 Å². The van der Waals surface area contributed by atoms with E-state index >= 15 is 4.39 Å². The number of phenols is 1. The van der Waals surface area contributed by atoms with Crippen molar-refractivity contribution >= 4 is 0 Å². The van der Waals surface area contributed by atoms with E-state index in [-0.39, 0.29) is 5.56 Å². The van der Waals surface area contributed by atoms with E-state index in [0.29, 0.717) is 12.1 Å². The van der Waals surface area contributed by atoms with Gasteiger partial charge in [-0.2, -0.15) is 14.0 Å². The number of phenolic OH excluding ortho intramolecular Hbond substituents is 1. The first-order chi connectivity index (χ1) is 15.2. The van der Waals surface area contributed by atoms with Crippen LogP contribution >= 0.6 is 0 Å². The molecule has 0 fully saturated rings. The normalized spacial score (nSPS) is 11.3. The quantitative estimate of drug-likeness (QED) is 0.405. The third kappa shape index (κ3) is 4.67. The van der Waals surface area contributed by atoms with Gasteiger partial charge in [-0.1, -0.05) is 37.6 Å². The average Bonchev–Trinajstić information content (AvgIpc) is 2.72. The summed E-state index contributed by atoms with van der Waals surface area (Å²) in [5.74, 6) is -6.16. The number of unbranched alkanes of at least 4 members (excludes halogenated alkanes) is 1. The highest BCUT2D eigenvalue weighted by Crippen LogP contribution is 2.42. The maximum Gasteiger partial charge on any atom is 0.432 e. The van der Waals surface area contributed by atoms with Crippen LogP contribution in [0.2, 0.25) is 0 Å². The van der Waals surface area contributed by atoms with E-state index in [2.05, 4.69) is 4.74 Å². The van der Waals surface area contributed by atoms with Crippen molar-refractivity contribution in [2.45, 2.75) is 32.3 Å². The van der Waals surface area contributed by atoms with Gasteiger partial charge in [-0.3, -0.25) is 0 Å². The molecule has 0 atom stereocenters. The summed E-state index contributed by atoms with van der Waals surface area (Å²) in [7, 11) is 0. The van der Waals surface area contributed by atoms with E-state index in [9.17, 15) is 22.7 Å². The van der Waals surface area contributed by atoms with Gasteiger partial charge in [0.2, 0.25) is 0 Å². The third-order valence-electron chi connectivity index (χ3n) is 4.86. The van der Waals surface area contributed by atoms with Gasteiger partial charge in [0, 0.05) is 12.1 Å². The number of halogens is 5. The van der Waals surface area contributed by atoms with Crippen molar-refractivity contribution in [3.05, 3.63) is 82.7 Å². The maximum absolute atomic E-state index is 15.1. The Kier molecular flexibility index (Phi) is 6.68. The summed E-state index contributed by atoms with van der Waals surface area (Å²) >= 11 is 0. The van der Waals surface area contributed by atoms with Crippen LogP contribution in [-0.2, 0) is 12.5 Å². The Morgan fingerprint density at radius 2 is 1.69 bits per heavy atom. The van der Waals surface area contributed by atoms with Crippen LogP contribution in [0, 0.1) is 28.8 Å². The Balaban J connectivity index is 2.01. The number of aromatic hydroxyl groups is 1. The van der Waals surface area contributed by atoms with Gasteiger partial charge < -0.3 is 9.84 Å². The van der Waals surface area contributed by atoms with Crippen LogP contribution in [0.4, 0.5) is 22.0 Å². The zero-order valence-electron chi connectivity index (χ0n) is 16.9. The van der Waals surface area contributed by atoms with Gasteiger partial charge in [0.25, 0.3) is 0 Å². The van der Waals surface area contributed by atoms with E-state index in [0.717, 1.165) is 37.0 Å². The van der Waals surface area contributed by atoms with Crippen LogP contribution < -0.4 is 4.74 Å². The lowest BCUT2D eigenvalue weighted by Gasteiger charge is -2.21. The largest absolute Gasteiger partial charge is 0.507 e. The van der Waals surface area contributed by atoms with Crippen LogP contribution in [0.5, 0.6) is 11.5 Å². The first kappa shape index (κ1) is 23.1. The number of benzene rings is 3. The molecule has 0 saturated carbocycles. The predicted molar refractivity (Wildman–Crippen MR) is 108 cm³/mol. The molecule has 0 radical (unpaired) electrons. The summed E-state index contributed by atoms with van der Waals surface area (Å²) in [5, 5.41) is 18.8. The smallest absolute Gasteiger partial charge is 0.432 e. The molecular weight excluding hydrogens is 429 g/mol. The zero-order chi connectivity index (χ0) is 23.5. The fourth-order valence-electron chi connectivity index (χ4n) is 3.22. The van der Waals surface area contributed by atoms with Crippen LogP contribution in [0.15, 0.2) is 48.5 Å². The van der Waals surface area contributed by atoms with Crippen molar-refractivity contribution in [3.63, 3.8) is 0 Å². The topological polar surface area (TPSA) is 53.2 Å². The second-order valence-electron chi connectivity index (χ2n) is 7.11. The highest BCUT2D eigenvalue weighted by atomic mass is 19.3. The molecule has 32 heavy (non-hydrogen) atoms. The Morgan fingerprint density at radius 1 is 1.00 bits per heavy atom. The van der Waals surface area contributed by atoms with Gasteiger partial charge in [-0.25, -0.2) is 13.2 Å². The number of ether oxygens (including phenoxy) is 1. The number of hydrogen-bond acceptors (Lipinski definition) is 3. The molecule has 0 bridgehead atoms. The minimum Gasteiger partial charge on any atom is -0.507 e. The molecule has 3 aromatic carbocycles. The van der Waals surface area contributed by atoms with Crippen LogP contribution in [0.1, 0.15) is 36.5 Å². The van der Waals surface area contributed by atoms with Crippen LogP contribution in [0.25, 0.3) is 11.1 Å². The maximum atomic E-state index is 15.1. The van der Waals surface area contributed by atoms with E-state index < -0.39 is 51.7 Å². The fourth-order valence-corrected chi connectivity index (χ4v) is 3.22. The first-order valence-electron chi connectivity index (χ1n) is 9.75. The molecule has 0 aliphatic heterocycles. The Hall–Kier alpha value is -3.60. The highest BCUT2D eigenvalue weighted by molar-refractivity contribution is 5.72. The minimum absolute atomic E-state index is 0.0710. The van der Waals surface area contributed by atoms with Gasteiger partial charge in [-0.05, 0) is 36.1 Å². The highest BCUT2D eigenvalue weighted by Gasteiger charge is 2.43. The standard InChI is InChI=1S/C24H18F5NO2/c1-2-3-4-14-5-7-15(8-6-14)21-20(31)12-19(26)22(23(21)27)24(28,29)32-17-10-9-16(13-30)18(25)11-17/h5-12,31H,2-4H2,1H3. The molecule has 0 spiro atoms. The zero-order valence-corrected chi connectivity index (χ0v) is 16.9. The molecule has 3 rings (SSSR count). The molecule has 0 heterocycles. The summed E-state index contributed by atoms with van der Waals surface area (Å²) in [4.78, 5) is 0. The third-order valence-corrected chi connectivity index (χ3v) is 4.86. The van der Waals surface area contributed by atoms with Gasteiger partial charge in [0.1, 0.15) is 34.8 Å². The van der Waals surface area contributed by atoms with Crippen molar-refractivity contribution in [3.8, 4) is 28.7 Å². The number of rotatable bonds is 7. The van der Waals surface area contributed by atoms with E-state index in [4.69, 9.17) is 5.26 Å². The van der Waals surface area contributed by atoms with E-state index in [1.165, 1.54) is 18.2 Å². The van der Waals surface area contributed by atoms with E-state index in [1.807, 2.05) is 6.92 Å². The molecule has 166 valence electrons. The molecule has 1 N–H and O–H groups in total. The Bertz CT molecular complexity index is 1170. The Labute approximate surface area is 181 Å². The average molecular weight is 447 g/mol. The Morgan fingerprint density at radius 3 is 2.28 bits per heavy atom. The number of nitriles is 1. The fraction of sp³-hybridized carbons (Fsp3) is 0.208. The van der Waals surface area contributed by atoms with Crippen molar-refractivity contribution in [2.24, 2.45) is 0 Å². The summed E-state index contributed by atoms with van der Waals surface area (Å²) in [6, 6.07) is 10.4. The lowest BCUT2D eigenvalue weighted by molar-refractivity contribution is -0.189. The number of nitrogens with zero attached hydrogens (tertiary/aromatic N) is 1. The monoisotopic (exact) mass is 447 g/mol. The van der Waals surface area contributed by atoms with E-state index in [1.54, 1.807) is 12.1 Å². The molecule has 0 saturated heterocycles. The molecule has 0 aromatic heterocycles. The lowest BCUT2D eigenvalue weighted by Crippen LogP contribution is -2.25. The molecule has 3 aromatic rings. The molecule has 0 aliphatic rings. The number of alkyl halides is 2. The molecular formula is C24H18F5NO2. The van der Waals surface area contributed by atoms with Crippen molar-refractivity contribution in [1.82, 2.24) is 0 Å². The predicted octanol–water partition coefficient (Wildman–Crippen LogP) is 6.82. The van der Waals surface area contributed by atoms with Gasteiger partial charge >= 0.3 is 6.11 Å². The summed E-state index contributed by atoms with van der Waals surface area (Å²) < 4.78 is 77.0. The number of hydrogen-bond donors (Lipinski definition) is 1. The van der Waals surface area contributed by atoms with Crippen molar-refractivity contribution in [2.75, 3.05) is 0 Å². The molecule has 0 aliphatic carbocycles. The van der Waals surface area contributed by atoms with Crippen molar-refractivity contribution < 1.29 is 31.8 Å². The summed E-state index contributed by atoms with van der Waals surface area (Å²) in [6.07, 6.45) is -1.87. The summed E-state index contributed by atoms with van der Waals surface area (Å²) in [5.41, 5.74) is -1.74. The SMILES string of the molecule is CCCCc1ccc(-c2c(O)cc(F)c(C(F)(F)Oc3ccc(C#N)c(F)c3)c2F)cc1. The molecule has 8 heteroatoms. The minimum atomic E-state index is -4.54.